The number of halogens is 2. The van der Waals surface area contributed by atoms with Crippen LogP contribution in [-0.4, -0.2) is 18.7 Å². The van der Waals surface area contributed by atoms with Gasteiger partial charge in [-0.2, -0.15) is 5.10 Å². The van der Waals surface area contributed by atoms with Crippen molar-refractivity contribution in [3.05, 3.63) is 49.6 Å². The summed E-state index contributed by atoms with van der Waals surface area (Å²) in [6.45, 7) is 7.95. The van der Waals surface area contributed by atoms with Crippen LogP contribution in [-0.2, 0) is 4.79 Å². The molecule has 0 aromatic heterocycles. The third-order valence-corrected chi connectivity index (χ3v) is 4.80. The zero-order valence-electron chi connectivity index (χ0n) is 11.9. The molecule has 22 heavy (non-hydrogen) atoms. The predicted molar refractivity (Wildman–Crippen MR) is 105 cm³/mol. The molecule has 2 rings (SSSR count). The first kappa shape index (κ1) is 17.5. The number of allylic oxidation sites excluding steroid dienone is 1. The second kappa shape index (κ2) is 8.09. The number of ether oxygens (including phenoxy) is 1. The molecule has 0 unspecified atom stereocenters. The summed E-state index contributed by atoms with van der Waals surface area (Å²) in [5, 5.41) is 4.03. The first-order chi connectivity index (χ1) is 10.5. The summed E-state index contributed by atoms with van der Waals surface area (Å²) in [5.74, 6) is 0.828. The van der Waals surface area contributed by atoms with Crippen molar-refractivity contribution in [2.24, 2.45) is 11.0 Å². The summed E-state index contributed by atoms with van der Waals surface area (Å²) in [4.78, 5) is 11.8. The molecule has 1 aromatic rings. The number of amides is 1. The Morgan fingerprint density at radius 3 is 2.59 bits per heavy atom. The van der Waals surface area contributed by atoms with Crippen molar-refractivity contribution in [3.63, 3.8) is 0 Å². The van der Waals surface area contributed by atoms with Gasteiger partial charge in [-0.25, -0.2) is 5.43 Å². The number of benzene rings is 1. The Kier molecular flexibility index (Phi) is 6.42. The zero-order valence-corrected chi connectivity index (χ0v) is 16.3. The number of hydrogen-bond donors (Lipinski definition) is 1. The highest BCUT2D eigenvalue weighted by Gasteiger charge is 2.28. The van der Waals surface area contributed by atoms with Gasteiger partial charge in [-0.3, -0.25) is 4.79 Å². The normalized spacial score (nSPS) is 14.7. The van der Waals surface area contributed by atoms with Crippen LogP contribution >= 0.6 is 45.2 Å². The lowest BCUT2D eigenvalue weighted by atomic mass is 9.81. The fourth-order valence-corrected chi connectivity index (χ4v) is 4.15. The maximum atomic E-state index is 11.8. The van der Waals surface area contributed by atoms with Crippen molar-refractivity contribution in [3.8, 4) is 5.75 Å². The van der Waals surface area contributed by atoms with Gasteiger partial charge in [-0.05, 0) is 75.7 Å². The van der Waals surface area contributed by atoms with E-state index in [1.165, 1.54) is 0 Å². The maximum absolute atomic E-state index is 11.8. The molecule has 1 fully saturated rings. The van der Waals surface area contributed by atoms with Gasteiger partial charge in [0.1, 0.15) is 12.4 Å². The Bertz CT molecular complexity index is 610. The number of hydrogen-bond acceptors (Lipinski definition) is 3. The zero-order chi connectivity index (χ0) is 16.1. The molecule has 1 aliphatic carbocycles. The fraction of sp³-hybridized carbons (Fsp3) is 0.250. The van der Waals surface area contributed by atoms with Crippen LogP contribution in [0.2, 0.25) is 0 Å². The summed E-state index contributed by atoms with van der Waals surface area (Å²) >= 11 is 4.44. The van der Waals surface area contributed by atoms with Crippen LogP contribution in [0.4, 0.5) is 0 Å². The molecule has 1 aromatic carbocycles. The monoisotopic (exact) mass is 522 g/mol. The summed E-state index contributed by atoms with van der Waals surface area (Å²) in [5.41, 5.74) is 4.62. The van der Waals surface area contributed by atoms with E-state index in [0.29, 0.717) is 6.61 Å². The van der Waals surface area contributed by atoms with Crippen molar-refractivity contribution in [2.75, 3.05) is 6.61 Å². The molecular weight excluding hydrogens is 506 g/mol. The minimum atomic E-state index is -0.0426. The van der Waals surface area contributed by atoms with E-state index < -0.39 is 0 Å². The maximum Gasteiger partial charge on any atom is 0.243 e. The Morgan fingerprint density at radius 1 is 1.41 bits per heavy atom. The standard InChI is InChI=1S/C16H16I2N2O2/c1-3-4-22-15-13(17)7-11(8-14(15)18)9-19-20-16(21)12-5-10(2)6-12/h3,7-9,12H,1-2,4-6H2,(H,20,21)/b19-9-. The molecule has 0 heterocycles. The number of rotatable bonds is 6. The van der Waals surface area contributed by atoms with Crippen LogP contribution in [0, 0.1) is 13.1 Å². The van der Waals surface area contributed by atoms with Crippen molar-refractivity contribution in [1.29, 1.82) is 0 Å². The van der Waals surface area contributed by atoms with Gasteiger partial charge in [0.25, 0.3) is 0 Å². The molecule has 0 aliphatic heterocycles. The number of carbonyl (C=O) groups is 1. The topological polar surface area (TPSA) is 50.7 Å². The quantitative estimate of drug-likeness (QED) is 0.267. The number of nitrogens with zero attached hydrogens (tertiary/aromatic N) is 1. The van der Waals surface area contributed by atoms with Crippen LogP contribution in [0.25, 0.3) is 0 Å². The van der Waals surface area contributed by atoms with E-state index in [1.807, 2.05) is 12.1 Å². The van der Waals surface area contributed by atoms with Gasteiger partial charge in [0, 0.05) is 5.92 Å². The third-order valence-electron chi connectivity index (χ3n) is 3.20. The average molecular weight is 522 g/mol. The number of hydrazone groups is 1. The molecule has 0 saturated heterocycles. The van der Waals surface area contributed by atoms with Gasteiger partial charge in [0.2, 0.25) is 5.91 Å². The molecule has 0 atom stereocenters. The minimum absolute atomic E-state index is 0.0274. The van der Waals surface area contributed by atoms with Gasteiger partial charge in [0.05, 0.1) is 13.4 Å². The summed E-state index contributed by atoms with van der Waals surface area (Å²) in [6, 6.07) is 3.92. The largest absolute Gasteiger partial charge is 0.487 e. The van der Waals surface area contributed by atoms with E-state index in [9.17, 15) is 4.79 Å². The lowest BCUT2D eigenvalue weighted by molar-refractivity contribution is -0.126. The van der Waals surface area contributed by atoms with Gasteiger partial charge < -0.3 is 4.74 Å². The molecule has 0 bridgehead atoms. The summed E-state index contributed by atoms with van der Waals surface area (Å²) in [7, 11) is 0. The van der Waals surface area contributed by atoms with Crippen LogP contribution in [0.3, 0.4) is 0 Å². The van der Waals surface area contributed by atoms with Crippen molar-refractivity contribution >= 4 is 57.3 Å². The molecular formula is C16H16I2N2O2. The number of carbonyl (C=O) groups excluding carboxylic acids is 1. The highest BCUT2D eigenvalue weighted by Crippen LogP contribution is 2.31. The predicted octanol–water partition coefficient (Wildman–Crippen LogP) is 3.88. The first-order valence-corrected chi connectivity index (χ1v) is 8.89. The Morgan fingerprint density at radius 2 is 2.05 bits per heavy atom. The van der Waals surface area contributed by atoms with Crippen LogP contribution in [0.15, 0.2) is 42.0 Å². The summed E-state index contributed by atoms with van der Waals surface area (Å²) in [6.07, 6.45) is 4.90. The van der Waals surface area contributed by atoms with Gasteiger partial charge in [0.15, 0.2) is 0 Å². The summed E-state index contributed by atoms with van der Waals surface area (Å²) < 4.78 is 7.61. The van der Waals surface area contributed by atoms with E-state index in [4.69, 9.17) is 4.74 Å². The van der Waals surface area contributed by atoms with Crippen molar-refractivity contribution in [1.82, 2.24) is 5.43 Å². The lowest BCUT2D eigenvalue weighted by Crippen LogP contribution is -2.32. The molecule has 4 nitrogen and oxygen atoms in total. The minimum Gasteiger partial charge on any atom is -0.487 e. The Labute approximate surface area is 157 Å². The van der Waals surface area contributed by atoms with Crippen LogP contribution < -0.4 is 10.2 Å². The van der Waals surface area contributed by atoms with Crippen molar-refractivity contribution in [2.45, 2.75) is 12.8 Å². The molecule has 1 N–H and O–H groups in total. The second-order valence-corrected chi connectivity index (χ2v) is 7.33. The highest BCUT2D eigenvalue weighted by molar-refractivity contribution is 14.1. The van der Waals surface area contributed by atoms with E-state index in [-0.39, 0.29) is 11.8 Å². The molecule has 1 aliphatic rings. The molecule has 116 valence electrons. The molecule has 0 radical (unpaired) electrons. The van der Waals surface area contributed by atoms with Crippen LogP contribution in [0.5, 0.6) is 5.75 Å². The smallest absolute Gasteiger partial charge is 0.243 e. The Hall–Kier alpha value is -0.900. The number of nitrogens with one attached hydrogen (secondary N) is 1. The van der Waals surface area contributed by atoms with Crippen molar-refractivity contribution < 1.29 is 9.53 Å². The van der Waals surface area contributed by atoms with Gasteiger partial charge >= 0.3 is 0 Å². The van der Waals surface area contributed by atoms with Gasteiger partial charge in [-0.1, -0.05) is 24.8 Å². The first-order valence-electron chi connectivity index (χ1n) is 6.73. The van der Waals surface area contributed by atoms with Gasteiger partial charge in [-0.15, -0.1) is 0 Å². The second-order valence-electron chi connectivity index (χ2n) is 5.00. The third kappa shape index (κ3) is 4.55. The molecule has 0 spiro atoms. The van der Waals surface area contributed by atoms with E-state index in [2.05, 4.69) is 68.9 Å². The lowest BCUT2D eigenvalue weighted by Gasteiger charge is -2.25. The Balaban J connectivity index is 1.97. The fourth-order valence-electron chi connectivity index (χ4n) is 2.02. The van der Waals surface area contributed by atoms with Crippen LogP contribution in [0.1, 0.15) is 18.4 Å². The average Bonchev–Trinajstić information content (AvgIpc) is 2.43. The molecule has 1 amide bonds. The highest BCUT2D eigenvalue weighted by atomic mass is 127. The molecule has 6 heteroatoms. The molecule has 1 saturated carbocycles. The van der Waals surface area contributed by atoms with E-state index >= 15 is 0 Å². The SMILES string of the molecule is C=CCOc1c(I)cc(/C=N\NC(=O)C2CC(=C)C2)cc1I. The van der Waals surface area contributed by atoms with E-state index in [1.54, 1.807) is 12.3 Å². The van der Waals surface area contributed by atoms with E-state index in [0.717, 1.165) is 36.9 Å².